The molecular formula is C26H46O15Ti2. The number of esters is 4. The molecule has 0 aliphatic rings. The van der Waals surface area contributed by atoms with Crippen LogP contribution in [0, 0.1) is 0 Å². The summed E-state index contributed by atoms with van der Waals surface area (Å²) in [6, 6.07) is 0. The van der Waals surface area contributed by atoms with Crippen LogP contribution in [0.15, 0.2) is 0 Å². The summed E-state index contributed by atoms with van der Waals surface area (Å²) >= 11 is 0. The molecule has 248 valence electrons. The second kappa shape index (κ2) is 32.4. The Morgan fingerprint density at radius 3 is 0.535 bits per heavy atom. The van der Waals surface area contributed by atoms with Crippen LogP contribution < -0.4 is 30.6 Å². The van der Waals surface area contributed by atoms with Gasteiger partial charge in [0, 0.05) is 0 Å². The van der Waals surface area contributed by atoms with Gasteiger partial charge < -0.3 is 55.1 Å². The molecule has 0 bridgehead atoms. The number of carbonyl (C=O) groups excluding carboxylic acids is 4. The quantitative estimate of drug-likeness (QED) is 0.120. The molecule has 0 rings (SSSR count). The average molecular weight is 694 g/mol. The predicted octanol–water partition coefficient (Wildman–Crippen LogP) is -3.92. The molecule has 0 radical (unpaired) electrons. The fourth-order valence-electron chi connectivity index (χ4n) is 1.69. The molecule has 15 nitrogen and oxygen atoms in total. The number of rotatable bonds is 10. The van der Waals surface area contributed by atoms with Gasteiger partial charge in [0.2, 0.25) is 0 Å². The topological polar surface area (TPSA) is 272 Å². The van der Waals surface area contributed by atoms with Gasteiger partial charge in [-0.1, -0.05) is 27.7 Å². The second-order valence-corrected chi connectivity index (χ2v) is 9.72. The first-order chi connectivity index (χ1) is 18.0. The van der Waals surface area contributed by atoms with E-state index in [2.05, 4.69) is 18.9 Å². The molecule has 0 spiro atoms. The van der Waals surface area contributed by atoms with Crippen molar-refractivity contribution in [1.82, 2.24) is 0 Å². The fourth-order valence-corrected chi connectivity index (χ4v) is 1.69. The predicted molar refractivity (Wildman–Crippen MR) is 131 cm³/mol. The average Bonchev–Trinajstić information content (AvgIpc) is 2.74. The largest absolute Gasteiger partial charge is 4.00 e. The van der Waals surface area contributed by atoms with Crippen LogP contribution >= 0.6 is 0 Å². The summed E-state index contributed by atoms with van der Waals surface area (Å²) in [5, 5.41) is 63.8. The van der Waals surface area contributed by atoms with Crippen LogP contribution in [0.2, 0.25) is 0 Å². The Labute approximate surface area is 284 Å². The molecular weight excluding hydrogens is 648 g/mol. The van der Waals surface area contributed by atoms with Crippen molar-refractivity contribution in [3.05, 3.63) is 0 Å². The molecule has 0 heterocycles. The van der Waals surface area contributed by atoms with E-state index in [1.54, 1.807) is 27.7 Å². The smallest absolute Gasteiger partial charge is 2.00 e. The number of hydrogen-bond donors (Lipinski definition) is 0. The minimum Gasteiger partial charge on any atom is -2.00 e. The van der Waals surface area contributed by atoms with Gasteiger partial charge in [0.25, 0.3) is 23.9 Å². The van der Waals surface area contributed by atoms with Crippen molar-refractivity contribution < 1.29 is 118 Å². The number of hydrogen-bond acceptors (Lipinski definition) is 14. The Morgan fingerprint density at radius 1 is 0.372 bits per heavy atom. The van der Waals surface area contributed by atoms with Gasteiger partial charge in [0.05, 0.1) is 24.4 Å². The molecule has 0 amide bonds. The minimum atomic E-state index is -2.28. The maximum atomic E-state index is 11.2. The molecule has 0 aromatic heterocycles. The van der Waals surface area contributed by atoms with Gasteiger partial charge in [-0.2, -0.15) is 0 Å². The maximum absolute atomic E-state index is 11.2. The van der Waals surface area contributed by atoms with Crippen LogP contribution in [0.4, 0.5) is 0 Å². The zero-order valence-corrected chi connectivity index (χ0v) is 30.0. The van der Waals surface area contributed by atoms with E-state index in [0.717, 1.165) is 0 Å². The van der Waals surface area contributed by atoms with Crippen LogP contribution in [-0.2, 0) is 87.0 Å². The van der Waals surface area contributed by atoms with Gasteiger partial charge in [-0.25, -0.2) is 0 Å². The van der Waals surface area contributed by atoms with Gasteiger partial charge in [-0.3, -0.25) is 19.2 Å². The Kier molecular flexibility index (Phi) is 43.5. The van der Waals surface area contributed by atoms with E-state index >= 15 is 0 Å². The van der Waals surface area contributed by atoms with E-state index in [9.17, 15) is 49.8 Å². The molecule has 0 N–H and O–H groups in total. The zero-order chi connectivity index (χ0) is 32.9. The molecule has 43 heavy (non-hydrogen) atoms. The van der Waals surface area contributed by atoms with E-state index < -0.39 is 84.9 Å². The molecule has 0 saturated heterocycles. The van der Waals surface area contributed by atoms with E-state index in [1.807, 2.05) is 0 Å². The van der Waals surface area contributed by atoms with Crippen LogP contribution in [0.3, 0.4) is 0 Å². The molecule has 0 aliphatic carbocycles. The van der Waals surface area contributed by atoms with Gasteiger partial charge in [-0.05, 0) is 79.8 Å². The summed E-state index contributed by atoms with van der Waals surface area (Å²) in [6.45, 7) is 18.8. The number of carbonyl (C=O) groups is 4. The first-order valence-electron chi connectivity index (χ1n) is 12.7. The van der Waals surface area contributed by atoms with Gasteiger partial charge >= 0.3 is 43.4 Å². The molecule has 0 aliphatic heterocycles. The van der Waals surface area contributed by atoms with Crippen molar-refractivity contribution in [2.45, 2.75) is 144 Å². The van der Waals surface area contributed by atoms with E-state index in [0.29, 0.717) is 0 Å². The monoisotopic (exact) mass is 694 g/mol. The minimum absolute atomic E-state index is 0. The molecule has 0 fully saturated rings. The maximum Gasteiger partial charge on any atom is 4.00 e. The van der Waals surface area contributed by atoms with Crippen LogP contribution in [-0.4, -0.2) is 84.9 Å². The van der Waals surface area contributed by atoms with Gasteiger partial charge in [0.1, 0.15) is 0 Å². The molecule has 0 aromatic rings. The van der Waals surface area contributed by atoms with Crippen molar-refractivity contribution in [3.63, 3.8) is 0 Å². The standard InChI is InChI=1S/2C10H16O6.2C3H7O.O.2Ti/c2*1-5(2)15-9(13)7(11)8(12)10(14)16-6(3)4;2*1-3(2)4;;;/h2*5-8H,1-4H3;2*3H,1-2H3;;;/q2*-2;2*-1;-2;2*+4. The summed E-state index contributed by atoms with van der Waals surface area (Å²) in [6.07, 6.45) is -12.0. The van der Waals surface area contributed by atoms with Gasteiger partial charge in [0.15, 0.2) is 0 Å². The summed E-state index contributed by atoms with van der Waals surface area (Å²) in [7, 11) is 0. The summed E-state index contributed by atoms with van der Waals surface area (Å²) in [5.74, 6) is -4.90. The Hall–Kier alpha value is -0.971. The normalized spacial score (nSPS) is 12.7. The van der Waals surface area contributed by atoms with Gasteiger partial charge in [-0.15, -0.1) is 12.2 Å². The van der Waals surface area contributed by atoms with Crippen LogP contribution in [0.5, 0.6) is 0 Å². The molecule has 17 heteroatoms. The Balaban J connectivity index is -0.0000000911. The Morgan fingerprint density at radius 2 is 0.465 bits per heavy atom. The Bertz CT molecular complexity index is 587. The van der Waals surface area contributed by atoms with Crippen molar-refractivity contribution in [2.75, 3.05) is 0 Å². The number of ether oxygens (including phenoxy) is 4. The molecule has 0 aromatic carbocycles. The second-order valence-electron chi connectivity index (χ2n) is 9.72. The third kappa shape index (κ3) is 41.0. The van der Waals surface area contributed by atoms with E-state index in [1.165, 1.54) is 55.4 Å². The first kappa shape index (κ1) is 57.7. The van der Waals surface area contributed by atoms with Crippen molar-refractivity contribution in [3.8, 4) is 0 Å². The third-order valence-corrected chi connectivity index (χ3v) is 2.89. The van der Waals surface area contributed by atoms with Crippen LogP contribution in [0.1, 0.15) is 83.1 Å². The van der Waals surface area contributed by atoms with Crippen molar-refractivity contribution >= 4 is 23.9 Å². The van der Waals surface area contributed by atoms with E-state index in [4.69, 9.17) is 0 Å². The molecule has 4 atom stereocenters. The summed E-state index contributed by atoms with van der Waals surface area (Å²) in [4.78, 5) is 44.2. The zero-order valence-electron chi connectivity index (χ0n) is 26.9. The first-order valence-corrected chi connectivity index (χ1v) is 12.7. The third-order valence-electron chi connectivity index (χ3n) is 2.89. The SMILES string of the molecule is CC(C)OC(=O)C([O-])C([O-])C(=O)OC(C)C.CC(C)OC(=O)C([O-])C([O-])C(=O)OC(C)C.CC(C)[O-].CC(C)[O-].[O-2].[Ti+4].[Ti+4]. The van der Waals surface area contributed by atoms with Crippen molar-refractivity contribution in [2.24, 2.45) is 0 Å². The van der Waals surface area contributed by atoms with Crippen LogP contribution in [0.25, 0.3) is 0 Å². The summed E-state index contributed by atoms with van der Waals surface area (Å²) in [5.41, 5.74) is 0. The fraction of sp³-hybridized carbons (Fsp3) is 0.846. The molecule has 4 unspecified atom stereocenters. The van der Waals surface area contributed by atoms with Crippen molar-refractivity contribution in [1.29, 1.82) is 0 Å². The molecule has 0 saturated carbocycles. The van der Waals surface area contributed by atoms with E-state index in [-0.39, 0.29) is 48.9 Å². The summed E-state index contributed by atoms with van der Waals surface area (Å²) < 4.78 is 18.1.